The number of carbonyl (C=O) groups excluding carboxylic acids is 1. The van der Waals surface area contributed by atoms with Crippen molar-refractivity contribution in [2.75, 3.05) is 13.2 Å². The number of benzene rings is 1. The summed E-state index contributed by atoms with van der Waals surface area (Å²) >= 11 is 1.52. The molecule has 0 saturated carbocycles. The average Bonchev–Trinajstić information content (AvgIpc) is 3.35. The van der Waals surface area contributed by atoms with E-state index in [-0.39, 0.29) is 18.0 Å². The summed E-state index contributed by atoms with van der Waals surface area (Å²) in [6.45, 7) is 7.33. The van der Waals surface area contributed by atoms with E-state index in [9.17, 15) is 13.2 Å². The summed E-state index contributed by atoms with van der Waals surface area (Å²) in [6.07, 6.45) is 3.10. The quantitative estimate of drug-likeness (QED) is 0.471. The summed E-state index contributed by atoms with van der Waals surface area (Å²) in [5, 5.41) is 3.00. The Morgan fingerprint density at radius 3 is 2.64 bits per heavy atom. The first-order valence-corrected chi connectivity index (χ1v) is 12.8. The molecule has 9 heteroatoms. The Bertz CT molecular complexity index is 1300. The molecule has 33 heavy (non-hydrogen) atoms. The van der Waals surface area contributed by atoms with Crippen LogP contribution < -0.4 is 0 Å². The van der Waals surface area contributed by atoms with E-state index in [0.29, 0.717) is 0 Å². The highest BCUT2D eigenvalue weighted by Gasteiger charge is 2.35. The van der Waals surface area contributed by atoms with Crippen LogP contribution in [-0.2, 0) is 19.0 Å². The number of nitrogens with zero attached hydrogens (tertiary/aromatic N) is 2. The number of carbonyl (C=O) groups is 1. The zero-order chi connectivity index (χ0) is 23.8. The minimum Gasteiger partial charge on any atom is -0.444 e. The van der Waals surface area contributed by atoms with Crippen LogP contribution in [0.5, 0.6) is 0 Å². The van der Waals surface area contributed by atoms with E-state index in [4.69, 9.17) is 8.92 Å². The molecule has 0 bridgehead atoms. The Morgan fingerprint density at radius 1 is 1.21 bits per heavy atom. The zero-order valence-electron chi connectivity index (χ0n) is 18.9. The maximum absolute atomic E-state index is 12.9. The van der Waals surface area contributed by atoms with Crippen molar-refractivity contribution >= 4 is 43.3 Å². The Balaban J connectivity index is 1.61. The molecule has 4 rings (SSSR count). The number of aromatic nitrogens is 1. The smallest absolute Gasteiger partial charge is 0.411 e. The molecule has 0 aliphatic carbocycles. The number of pyridine rings is 1. The summed E-state index contributed by atoms with van der Waals surface area (Å²) < 4.78 is 36.4. The Kier molecular flexibility index (Phi) is 6.30. The van der Waals surface area contributed by atoms with Crippen LogP contribution in [0.15, 0.2) is 58.9 Å². The standard InChI is InChI=1S/C24H26N2O5S2/c1-16-7-9-19(10-8-16)33(28,29)30-14-18-12-17(13-26(18)23(27)31-24(2,3)4)21-15-32-22-20(21)6-5-11-25-22/h5-12,15,18H,13-14H2,1-4H3. The largest absolute Gasteiger partial charge is 0.444 e. The third-order valence-electron chi connectivity index (χ3n) is 5.16. The molecule has 1 aromatic carbocycles. The second kappa shape index (κ2) is 8.89. The summed E-state index contributed by atoms with van der Waals surface area (Å²) in [5.41, 5.74) is 2.14. The van der Waals surface area contributed by atoms with Gasteiger partial charge in [-0.2, -0.15) is 8.42 Å². The molecule has 0 radical (unpaired) electrons. The second-order valence-corrected chi connectivity index (χ2v) is 11.4. The van der Waals surface area contributed by atoms with Crippen LogP contribution in [0.4, 0.5) is 4.79 Å². The number of aryl methyl sites for hydroxylation is 1. The average molecular weight is 487 g/mol. The fourth-order valence-electron chi connectivity index (χ4n) is 3.56. The van der Waals surface area contributed by atoms with E-state index in [1.54, 1.807) is 39.1 Å². The molecule has 3 aromatic rings. The fourth-order valence-corrected chi connectivity index (χ4v) is 5.42. The van der Waals surface area contributed by atoms with Gasteiger partial charge in [-0.1, -0.05) is 23.8 Å². The number of hydrogen-bond donors (Lipinski definition) is 0. The lowest BCUT2D eigenvalue weighted by Gasteiger charge is -2.28. The minimum absolute atomic E-state index is 0.0778. The molecule has 1 amide bonds. The molecular formula is C24H26N2O5S2. The van der Waals surface area contributed by atoms with Crippen LogP contribution >= 0.6 is 11.3 Å². The number of fused-ring (bicyclic) bond motifs is 1. The van der Waals surface area contributed by atoms with Crippen molar-refractivity contribution in [2.45, 2.75) is 44.2 Å². The maximum atomic E-state index is 12.9. The number of amides is 1. The third-order valence-corrected chi connectivity index (χ3v) is 7.36. The van der Waals surface area contributed by atoms with E-state index >= 15 is 0 Å². The lowest BCUT2D eigenvalue weighted by Crippen LogP contribution is -2.42. The van der Waals surface area contributed by atoms with Crippen molar-refractivity contribution in [3.05, 3.63) is 65.2 Å². The van der Waals surface area contributed by atoms with Crippen LogP contribution in [0.2, 0.25) is 0 Å². The van der Waals surface area contributed by atoms with Gasteiger partial charge < -0.3 is 4.74 Å². The van der Waals surface area contributed by atoms with Gasteiger partial charge in [-0.05, 0) is 63.1 Å². The molecule has 3 heterocycles. The van der Waals surface area contributed by atoms with E-state index in [1.807, 2.05) is 30.5 Å². The van der Waals surface area contributed by atoms with Crippen LogP contribution in [0.25, 0.3) is 15.8 Å². The number of ether oxygens (including phenoxy) is 1. The van der Waals surface area contributed by atoms with Gasteiger partial charge >= 0.3 is 6.09 Å². The second-order valence-electron chi connectivity index (χ2n) is 8.92. The van der Waals surface area contributed by atoms with Gasteiger partial charge in [0.15, 0.2) is 0 Å². The molecule has 1 aliphatic rings. The molecule has 0 N–H and O–H groups in total. The Morgan fingerprint density at radius 2 is 1.94 bits per heavy atom. The van der Waals surface area contributed by atoms with Crippen molar-refractivity contribution in [3.8, 4) is 0 Å². The molecule has 0 spiro atoms. The van der Waals surface area contributed by atoms with E-state index in [2.05, 4.69) is 4.98 Å². The van der Waals surface area contributed by atoms with Gasteiger partial charge in [-0.3, -0.25) is 9.08 Å². The lowest BCUT2D eigenvalue weighted by molar-refractivity contribution is 0.0211. The molecule has 0 saturated heterocycles. The van der Waals surface area contributed by atoms with Gasteiger partial charge in [-0.25, -0.2) is 9.78 Å². The van der Waals surface area contributed by atoms with Crippen molar-refractivity contribution < 1.29 is 22.1 Å². The summed E-state index contributed by atoms with van der Waals surface area (Å²) in [5.74, 6) is 0. The first-order chi connectivity index (χ1) is 15.5. The summed E-state index contributed by atoms with van der Waals surface area (Å²) in [6, 6.07) is 9.71. The van der Waals surface area contributed by atoms with Crippen LogP contribution in [0.3, 0.4) is 0 Å². The van der Waals surface area contributed by atoms with Gasteiger partial charge in [0, 0.05) is 17.0 Å². The first-order valence-electron chi connectivity index (χ1n) is 10.5. The highest BCUT2D eigenvalue weighted by atomic mass is 32.2. The van der Waals surface area contributed by atoms with Crippen LogP contribution in [0, 0.1) is 6.92 Å². The van der Waals surface area contributed by atoms with Gasteiger partial charge in [0.05, 0.1) is 24.1 Å². The van der Waals surface area contributed by atoms with E-state index < -0.39 is 27.9 Å². The molecular weight excluding hydrogens is 460 g/mol. The van der Waals surface area contributed by atoms with Crippen LogP contribution in [-0.4, -0.2) is 49.2 Å². The predicted molar refractivity (Wildman–Crippen MR) is 129 cm³/mol. The Labute approximate surface area is 197 Å². The Hall–Kier alpha value is -2.75. The monoisotopic (exact) mass is 486 g/mol. The summed E-state index contributed by atoms with van der Waals surface area (Å²) in [4.78, 5) is 19.8. The van der Waals surface area contributed by atoms with Crippen molar-refractivity contribution in [1.29, 1.82) is 0 Å². The zero-order valence-corrected chi connectivity index (χ0v) is 20.6. The van der Waals surface area contributed by atoms with Crippen LogP contribution in [0.1, 0.15) is 31.9 Å². The topological polar surface area (TPSA) is 85.8 Å². The lowest BCUT2D eigenvalue weighted by atomic mass is 10.1. The highest BCUT2D eigenvalue weighted by Crippen LogP contribution is 2.34. The SMILES string of the molecule is Cc1ccc(S(=O)(=O)OCC2C=C(c3csc4ncccc34)CN2C(=O)OC(C)(C)C)cc1. The number of hydrogen-bond acceptors (Lipinski definition) is 7. The van der Waals surface area contributed by atoms with Crippen molar-refractivity contribution in [1.82, 2.24) is 9.88 Å². The first kappa shape index (κ1) is 23.4. The fraction of sp³-hybridized carbons (Fsp3) is 0.333. The molecule has 1 atom stereocenters. The molecule has 174 valence electrons. The van der Waals surface area contributed by atoms with Gasteiger partial charge in [0.2, 0.25) is 0 Å². The predicted octanol–water partition coefficient (Wildman–Crippen LogP) is 5.01. The molecule has 2 aromatic heterocycles. The van der Waals surface area contributed by atoms with Gasteiger partial charge in [-0.15, -0.1) is 11.3 Å². The van der Waals surface area contributed by atoms with E-state index in [0.717, 1.165) is 26.9 Å². The molecule has 1 unspecified atom stereocenters. The highest BCUT2D eigenvalue weighted by molar-refractivity contribution is 7.86. The number of rotatable bonds is 5. The molecule has 1 aliphatic heterocycles. The van der Waals surface area contributed by atoms with Gasteiger partial charge in [0.1, 0.15) is 10.4 Å². The number of thiophene rings is 1. The molecule has 0 fully saturated rings. The molecule has 7 nitrogen and oxygen atoms in total. The van der Waals surface area contributed by atoms with E-state index in [1.165, 1.54) is 28.4 Å². The third kappa shape index (κ3) is 5.26. The van der Waals surface area contributed by atoms with Crippen molar-refractivity contribution in [3.63, 3.8) is 0 Å². The maximum Gasteiger partial charge on any atom is 0.411 e. The minimum atomic E-state index is -3.97. The normalized spacial score (nSPS) is 16.8. The van der Waals surface area contributed by atoms with Gasteiger partial charge in [0.25, 0.3) is 10.1 Å². The van der Waals surface area contributed by atoms with Crippen molar-refractivity contribution in [2.24, 2.45) is 0 Å². The summed E-state index contributed by atoms with van der Waals surface area (Å²) in [7, 11) is -3.97.